The number of nitrogens with one attached hydrogen (secondary N) is 1. The predicted octanol–water partition coefficient (Wildman–Crippen LogP) is 4.67. The van der Waals surface area contributed by atoms with Gasteiger partial charge in [0.1, 0.15) is 11.2 Å². The monoisotopic (exact) mass is 443 g/mol. The van der Waals surface area contributed by atoms with Gasteiger partial charge in [-0.2, -0.15) is 5.10 Å². The molecule has 1 aliphatic heterocycles. The number of anilines is 2. The minimum Gasteiger partial charge on any atom is -0.351 e. The van der Waals surface area contributed by atoms with Gasteiger partial charge in [0.25, 0.3) is 5.91 Å². The summed E-state index contributed by atoms with van der Waals surface area (Å²) < 4.78 is 30.8. The number of benzene rings is 1. The number of aromatic nitrogens is 3. The highest BCUT2D eigenvalue weighted by molar-refractivity contribution is 7.18. The van der Waals surface area contributed by atoms with Crippen LogP contribution in [0.3, 0.4) is 0 Å². The van der Waals surface area contributed by atoms with Gasteiger partial charge in [0.15, 0.2) is 5.82 Å². The van der Waals surface area contributed by atoms with Gasteiger partial charge in [0.2, 0.25) is 0 Å². The molecule has 1 amide bonds. The third-order valence-electron chi connectivity index (χ3n) is 5.28. The van der Waals surface area contributed by atoms with Crippen LogP contribution in [0.1, 0.15) is 36.7 Å². The molecule has 162 valence electrons. The average Bonchev–Trinajstić information content (AvgIpc) is 3.35. The highest BCUT2D eigenvalue weighted by Crippen LogP contribution is 2.41. The summed E-state index contributed by atoms with van der Waals surface area (Å²) in [6, 6.07) is 8.08. The summed E-state index contributed by atoms with van der Waals surface area (Å²) in [6.07, 6.45) is 5.01. The van der Waals surface area contributed by atoms with E-state index >= 15 is 0 Å². The van der Waals surface area contributed by atoms with Gasteiger partial charge in [-0.15, -0.1) is 0 Å². The summed E-state index contributed by atoms with van der Waals surface area (Å²) in [5, 5.41) is 5.66. The van der Waals surface area contributed by atoms with Crippen LogP contribution in [-0.4, -0.2) is 39.2 Å². The minimum atomic E-state index is -1.44. The van der Waals surface area contributed by atoms with Crippen molar-refractivity contribution in [1.82, 2.24) is 14.8 Å². The molecule has 1 fully saturated rings. The summed E-state index contributed by atoms with van der Waals surface area (Å²) in [4.78, 5) is 19.2. The van der Waals surface area contributed by atoms with Gasteiger partial charge in [0.05, 0.1) is 24.0 Å². The lowest BCUT2D eigenvalue weighted by molar-refractivity contribution is 0.102. The average molecular weight is 443 g/mol. The van der Waals surface area contributed by atoms with Crippen molar-refractivity contribution in [3.05, 3.63) is 60.3 Å². The Labute approximate surface area is 181 Å². The summed E-state index contributed by atoms with van der Waals surface area (Å²) in [5.74, 6) is -0.405. The SMILES string of the molecule is CC(C)n1cc(C(=O)Nc2c(-c3ccccc3F)ccnc2N2CCC(F)(P)C2)cn1. The molecule has 4 rings (SSSR count). The van der Waals surface area contributed by atoms with Gasteiger partial charge in [-0.1, -0.05) is 27.4 Å². The lowest BCUT2D eigenvalue weighted by atomic mass is 10.0. The van der Waals surface area contributed by atoms with E-state index in [-0.39, 0.29) is 12.6 Å². The number of rotatable bonds is 5. The lowest BCUT2D eigenvalue weighted by Crippen LogP contribution is -2.26. The maximum atomic E-state index is 14.6. The number of amides is 1. The maximum Gasteiger partial charge on any atom is 0.258 e. The minimum absolute atomic E-state index is 0.105. The van der Waals surface area contributed by atoms with Crippen LogP contribution in [0.2, 0.25) is 0 Å². The zero-order chi connectivity index (χ0) is 22.2. The quantitative estimate of drug-likeness (QED) is 0.583. The second kappa shape index (κ2) is 8.35. The Kier molecular flexibility index (Phi) is 5.75. The Morgan fingerprint density at radius 1 is 1.26 bits per heavy atom. The third kappa shape index (κ3) is 4.44. The first-order valence-corrected chi connectivity index (χ1v) is 10.6. The molecule has 0 aliphatic carbocycles. The molecule has 1 aromatic carbocycles. The molecule has 3 heterocycles. The molecule has 0 radical (unpaired) electrons. The normalized spacial score (nSPS) is 18.6. The van der Waals surface area contributed by atoms with Gasteiger partial charge >= 0.3 is 0 Å². The molecule has 0 spiro atoms. The second-order valence-corrected chi connectivity index (χ2v) is 9.03. The Morgan fingerprint density at radius 2 is 2.03 bits per heavy atom. The molecule has 2 unspecified atom stereocenters. The number of hydrogen-bond donors (Lipinski definition) is 1. The first-order valence-electron chi connectivity index (χ1n) is 10.1. The van der Waals surface area contributed by atoms with Crippen molar-refractivity contribution >= 4 is 26.7 Å². The van der Waals surface area contributed by atoms with E-state index in [1.54, 1.807) is 46.2 Å². The highest BCUT2D eigenvalue weighted by Gasteiger charge is 2.36. The summed E-state index contributed by atoms with van der Waals surface area (Å²) in [6.45, 7) is 4.47. The summed E-state index contributed by atoms with van der Waals surface area (Å²) >= 11 is 0. The van der Waals surface area contributed by atoms with Crippen LogP contribution in [0.25, 0.3) is 11.1 Å². The van der Waals surface area contributed by atoms with Crippen molar-refractivity contribution < 1.29 is 13.6 Å². The van der Waals surface area contributed by atoms with E-state index in [2.05, 4.69) is 24.6 Å². The van der Waals surface area contributed by atoms with Crippen LogP contribution in [0, 0.1) is 5.82 Å². The molecule has 2 atom stereocenters. The van der Waals surface area contributed by atoms with E-state index in [9.17, 15) is 13.6 Å². The number of carbonyl (C=O) groups is 1. The molecule has 6 nitrogen and oxygen atoms in total. The highest BCUT2D eigenvalue weighted by atomic mass is 31.0. The number of halogens is 2. The molecule has 0 saturated carbocycles. The fourth-order valence-corrected chi connectivity index (χ4v) is 3.97. The number of alkyl halides is 1. The molecule has 2 aromatic heterocycles. The van der Waals surface area contributed by atoms with Crippen LogP contribution in [-0.2, 0) is 0 Å². The summed E-state index contributed by atoms with van der Waals surface area (Å²) in [5.41, 5.74) is 1.52. The van der Waals surface area contributed by atoms with Crippen molar-refractivity contribution in [2.45, 2.75) is 31.7 Å². The number of pyridine rings is 1. The Morgan fingerprint density at radius 3 is 2.68 bits per heavy atom. The van der Waals surface area contributed by atoms with E-state index in [0.717, 1.165) is 0 Å². The largest absolute Gasteiger partial charge is 0.351 e. The fraction of sp³-hybridized carbons (Fsp3) is 0.318. The fourth-order valence-electron chi connectivity index (χ4n) is 3.62. The van der Waals surface area contributed by atoms with Gasteiger partial charge < -0.3 is 10.2 Å². The third-order valence-corrected chi connectivity index (χ3v) is 5.75. The molecule has 3 aromatic rings. The van der Waals surface area contributed by atoms with Gasteiger partial charge in [-0.05, 0) is 26.0 Å². The molecular formula is C22H24F2N5OP. The first-order chi connectivity index (χ1) is 14.7. The molecule has 1 aliphatic rings. The maximum absolute atomic E-state index is 14.6. The predicted molar refractivity (Wildman–Crippen MR) is 121 cm³/mol. The number of hydrogen-bond acceptors (Lipinski definition) is 4. The first kappa shape index (κ1) is 21.4. The zero-order valence-electron chi connectivity index (χ0n) is 17.3. The van der Waals surface area contributed by atoms with Gasteiger partial charge in [-0.3, -0.25) is 9.48 Å². The van der Waals surface area contributed by atoms with Crippen molar-refractivity contribution in [1.29, 1.82) is 0 Å². The van der Waals surface area contributed by atoms with E-state index in [1.807, 2.05) is 13.8 Å². The second-order valence-electron chi connectivity index (χ2n) is 8.00. The Bertz CT molecular complexity index is 1110. The molecule has 0 bridgehead atoms. The van der Waals surface area contributed by atoms with Crippen molar-refractivity contribution in [2.24, 2.45) is 0 Å². The Balaban J connectivity index is 1.77. The number of carbonyl (C=O) groups excluding carboxylic acids is 1. The molecular weight excluding hydrogens is 419 g/mol. The van der Waals surface area contributed by atoms with Crippen molar-refractivity contribution in [3.63, 3.8) is 0 Å². The Hall–Kier alpha value is -2.86. The molecule has 31 heavy (non-hydrogen) atoms. The van der Waals surface area contributed by atoms with E-state index in [0.29, 0.717) is 41.2 Å². The zero-order valence-corrected chi connectivity index (χ0v) is 18.5. The van der Waals surface area contributed by atoms with E-state index in [1.165, 1.54) is 12.3 Å². The van der Waals surface area contributed by atoms with Crippen molar-refractivity contribution in [2.75, 3.05) is 23.3 Å². The topological polar surface area (TPSA) is 63.1 Å². The van der Waals surface area contributed by atoms with E-state index in [4.69, 9.17) is 0 Å². The lowest BCUT2D eigenvalue weighted by Gasteiger charge is -2.23. The van der Waals surface area contributed by atoms with Crippen LogP contribution < -0.4 is 10.2 Å². The molecule has 9 heteroatoms. The smallest absolute Gasteiger partial charge is 0.258 e. The number of nitrogens with zero attached hydrogens (tertiary/aromatic N) is 4. The van der Waals surface area contributed by atoms with Crippen LogP contribution in [0.15, 0.2) is 48.9 Å². The van der Waals surface area contributed by atoms with Crippen LogP contribution in [0.5, 0.6) is 0 Å². The summed E-state index contributed by atoms with van der Waals surface area (Å²) in [7, 11) is 2.23. The molecule has 1 N–H and O–H groups in total. The van der Waals surface area contributed by atoms with Gasteiger partial charge in [-0.25, -0.2) is 13.8 Å². The standard InChI is InChI=1S/C22H24F2N5OP/c1-14(2)29-12-15(11-26-29)21(30)27-19-17(16-5-3-4-6-18(16)23)7-9-25-20(19)28-10-8-22(24,31)13-28/h3-7,9,11-12,14H,8,10,13,31H2,1-2H3,(H,27,30). The van der Waals surface area contributed by atoms with Crippen LogP contribution in [0.4, 0.5) is 20.3 Å². The van der Waals surface area contributed by atoms with Crippen LogP contribution >= 0.6 is 9.24 Å². The van der Waals surface area contributed by atoms with E-state index < -0.39 is 17.1 Å². The van der Waals surface area contributed by atoms with Gasteiger partial charge in [0, 0.05) is 42.5 Å². The van der Waals surface area contributed by atoms with Crippen molar-refractivity contribution in [3.8, 4) is 11.1 Å². The molecule has 1 saturated heterocycles.